The van der Waals surface area contributed by atoms with Gasteiger partial charge in [0.25, 0.3) is 0 Å². The van der Waals surface area contributed by atoms with Crippen molar-refractivity contribution in [2.45, 2.75) is 26.7 Å². The minimum atomic E-state index is -0.0492. The van der Waals surface area contributed by atoms with Crippen molar-refractivity contribution in [3.8, 4) is 0 Å². The molecule has 0 aromatic rings. The number of cyclic esters (lactones) is 1. The van der Waals surface area contributed by atoms with Gasteiger partial charge in [-0.1, -0.05) is 13.8 Å². The first-order chi connectivity index (χ1) is 5.20. The minimum Gasteiger partial charge on any atom is -0.431 e. The van der Waals surface area contributed by atoms with Gasteiger partial charge < -0.3 is 4.74 Å². The molecule has 1 aliphatic carbocycles. The Balaban J connectivity index is 2.28. The van der Waals surface area contributed by atoms with Gasteiger partial charge in [-0.25, -0.2) is 0 Å². The Kier molecular flexibility index (Phi) is 1.31. The summed E-state index contributed by atoms with van der Waals surface area (Å²) in [6.07, 6.45) is 2.28. The zero-order chi connectivity index (χ0) is 8.01. The van der Waals surface area contributed by atoms with E-state index in [1.165, 1.54) is 5.57 Å². The van der Waals surface area contributed by atoms with Crippen LogP contribution in [0.1, 0.15) is 26.7 Å². The molecular weight excluding hydrogens is 140 g/mol. The van der Waals surface area contributed by atoms with Crippen LogP contribution in [0.2, 0.25) is 0 Å². The zero-order valence-electron chi connectivity index (χ0n) is 6.89. The van der Waals surface area contributed by atoms with Gasteiger partial charge in [-0.2, -0.15) is 0 Å². The zero-order valence-corrected chi connectivity index (χ0v) is 6.89. The number of rotatable bonds is 0. The summed E-state index contributed by atoms with van der Waals surface area (Å²) in [7, 11) is 0. The average molecular weight is 152 g/mol. The van der Waals surface area contributed by atoms with Gasteiger partial charge >= 0.3 is 5.97 Å². The van der Waals surface area contributed by atoms with E-state index in [1.54, 1.807) is 0 Å². The van der Waals surface area contributed by atoms with Crippen LogP contribution in [0.5, 0.6) is 0 Å². The summed E-state index contributed by atoms with van der Waals surface area (Å²) in [6, 6.07) is 0. The van der Waals surface area contributed by atoms with Crippen molar-refractivity contribution in [1.29, 1.82) is 0 Å². The SMILES string of the molecule is CC1C(=C2CC2)OC(=O)[C@@H]1C. The average Bonchev–Trinajstić information content (AvgIpc) is 2.76. The fraction of sp³-hybridized carbons (Fsp3) is 0.667. The van der Waals surface area contributed by atoms with Gasteiger partial charge in [0.15, 0.2) is 0 Å². The third-order valence-electron chi connectivity index (χ3n) is 2.59. The first-order valence-electron chi connectivity index (χ1n) is 4.13. The van der Waals surface area contributed by atoms with Crippen molar-refractivity contribution < 1.29 is 9.53 Å². The van der Waals surface area contributed by atoms with E-state index in [9.17, 15) is 4.79 Å². The molecule has 0 aromatic heterocycles. The molecule has 1 saturated heterocycles. The van der Waals surface area contributed by atoms with Crippen LogP contribution in [-0.4, -0.2) is 5.97 Å². The predicted octanol–water partition coefficient (Wildman–Crippen LogP) is 1.86. The first kappa shape index (κ1) is 6.89. The van der Waals surface area contributed by atoms with E-state index in [-0.39, 0.29) is 11.9 Å². The highest BCUT2D eigenvalue weighted by molar-refractivity contribution is 5.77. The van der Waals surface area contributed by atoms with Crippen LogP contribution in [0.15, 0.2) is 11.3 Å². The second kappa shape index (κ2) is 2.10. The maximum Gasteiger partial charge on any atom is 0.314 e. The van der Waals surface area contributed by atoms with E-state index in [4.69, 9.17) is 4.74 Å². The summed E-state index contributed by atoms with van der Waals surface area (Å²) in [6.45, 7) is 4.00. The Morgan fingerprint density at radius 3 is 2.27 bits per heavy atom. The fourth-order valence-electron chi connectivity index (χ4n) is 1.43. The maximum atomic E-state index is 11.1. The van der Waals surface area contributed by atoms with Gasteiger partial charge in [0.05, 0.1) is 5.92 Å². The van der Waals surface area contributed by atoms with Crippen LogP contribution in [0.4, 0.5) is 0 Å². The molecule has 0 bridgehead atoms. The van der Waals surface area contributed by atoms with Crippen molar-refractivity contribution in [3.63, 3.8) is 0 Å². The highest BCUT2D eigenvalue weighted by Crippen LogP contribution is 2.41. The topological polar surface area (TPSA) is 26.3 Å². The minimum absolute atomic E-state index is 0.0492. The van der Waals surface area contributed by atoms with Crippen molar-refractivity contribution in [3.05, 3.63) is 11.3 Å². The number of carbonyl (C=O) groups is 1. The number of ether oxygens (including phenoxy) is 1. The normalized spacial score (nSPS) is 36.0. The molecule has 2 heteroatoms. The number of esters is 1. The van der Waals surface area contributed by atoms with Crippen molar-refractivity contribution in [1.82, 2.24) is 0 Å². The van der Waals surface area contributed by atoms with E-state index in [0.717, 1.165) is 18.6 Å². The van der Waals surface area contributed by atoms with Crippen molar-refractivity contribution in [2.24, 2.45) is 11.8 Å². The second-order valence-corrected chi connectivity index (χ2v) is 3.47. The molecule has 0 radical (unpaired) electrons. The lowest BCUT2D eigenvalue weighted by Gasteiger charge is -2.02. The molecule has 2 atom stereocenters. The van der Waals surface area contributed by atoms with E-state index in [1.807, 2.05) is 6.92 Å². The van der Waals surface area contributed by atoms with Gasteiger partial charge in [-0.05, 0) is 18.4 Å². The number of allylic oxidation sites excluding steroid dienone is 2. The van der Waals surface area contributed by atoms with Crippen molar-refractivity contribution in [2.75, 3.05) is 0 Å². The summed E-state index contributed by atoms with van der Waals surface area (Å²) in [5.41, 5.74) is 1.36. The standard InChI is InChI=1S/C9H12O2/c1-5-6(2)9(10)11-8(5)7-3-4-7/h5-6H,3-4H2,1-2H3/t5?,6-/m1/s1. The van der Waals surface area contributed by atoms with E-state index in [2.05, 4.69) is 6.92 Å². The molecule has 2 aliphatic rings. The van der Waals surface area contributed by atoms with Crippen LogP contribution in [0, 0.1) is 11.8 Å². The molecular formula is C9H12O2. The third kappa shape index (κ3) is 0.971. The van der Waals surface area contributed by atoms with Gasteiger partial charge in [0.2, 0.25) is 0 Å². The Hall–Kier alpha value is -0.790. The van der Waals surface area contributed by atoms with Gasteiger partial charge in [0, 0.05) is 5.92 Å². The van der Waals surface area contributed by atoms with E-state index < -0.39 is 0 Å². The van der Waals surface area contributed by atoms with Gasteiger partial charge in [-0.3, -0.25) is 4.79 Å². The molecule has 2 fully saturated rings. The molecule has 1 unspecified atom stereocenters. The molecule has 60 valence electrons. The molecule has 0 amide bonds. The number of carbonyl (C=O) groups excluding carboxylic acids is 1. The Morgan fingerprint density at radius 1 is 1.27 bits per heavy atom. The summed E-state index contributed by atoms with van der Waals surface area (Å²) in [5, 5.41) is 0. The molecule has 2 rings (SSSR count). The smallest absolute Gasteiger partial charge is 0.314 e. The van der Waals surface area contributed by atoms with Gasteiger partial charge in [-0.15, -0.1) is 0 Å². The molecule has 1 aliphatic heterocycles. The molecule has 0 spiro atoms. The number of hydrogen-bond acceptors (Lipinski definition) is 2. The quantitative estimate of drug-likeness (QED) is 0.495. The van der Waals surface area contributed by atoms with E-state index in [0.29, 0.717) is 5.92 Å². The first-order valence-corrected chi connectivity index (χ1v) is 4.13. The molecule has 1 saturated carbocycles. The highest BCUT2D eigenvalue weighted by Gasteiger charge is 2.38. The third-order valence-corrected chi connectivity index (χ3v) is 2.59. The van der Waals surface area contributed by atoms with Crippen LogP contribution in [0.25, 0.3) is 0 Å². The lowest BCUT2D eigenvalue weighted by atomic mass is 9.97. The second-order valence-electron chi connectivity index (χ2n) is 3.47. The summed E-state index contributed by atoms with van der Waals surface area (Å²) in [5.74, 6) is 1.31. The Bertz CT molecular complexity index is 234. The van der Waals surface area contributed by atoms with Gasteiger partial charge in [0.1, 0.15) is 5.76 Å². The van der Waals surface area contributed by atoms with Crippen LogP contribution >= 0.6 is 0 Å². The molecule has 0 aromatic carbocycles. The van der Waals surface area contributed by atoms with Crippen LogP contribution in [-0.2, 0) is 9.53 Å². The number of hydrogen-bond donors (Lipinski definition) is 0. The Morgan fingerprint density at radius 2 is 1.91 bits per heavy atom. The maximum absolute atomic E-state index is 11.1. The monoisotopic (exact) mass is 152 g/mol. The lowest BCUT2D eigenvalue weighted by Crippen LogP contribution is -2.07. The largest absolute Gasteiger partial charge is 0.431 e. The Labute approximate surface area is 66.2 Å². The molecule has 2 nitrogen and oxygen atoms in total. The molecule has 1 heterocycles. The van der Waals surface area contributed by atoms with Crippen molar-refractivity contribution >= 4 is 5.97 Å². The summed E-state index contributed by atoms with van der Waals surface area (Å²) >= 11 is 0. The summed E-state index contributed by atoms with van der Waals surface area (Å²) in [4.78, 5) is 11.1. The highest BCUT2D eigenvalue weighted by atomic mass is 16.5. The molecule has 0 N–H and O–H groups in total. The van der Waals surface area contributed by atoms with Crippen LogP contribution in [0.3, 0.4) is 0 Å². The van der Waals surface area contributed by atoms with Crippen LogP contribution < -0.4 is 0 Å². The lowest BCUT2D eigenvalue weighted by molar-refractivity contribution is -0.138. The summed E-state index contributed by atoms with van der Waals surface area (Å²) < 4.78 is 5.15. The van der Waals surface area contributed by atoms with E-state index >= 15 is 0 Å². The fourth-order valence-corrected chi connectivity index (χ4v) is 1.43. The molecule has 11 heavy (non-hydrogen) atoms. The predicted molar refractivity (Wildman–Crippen MR) is 40.7 cm³/mol.